The van der Waals surface area contributed by atoms with Crippen molar-refractivity contribution in [2.45, 2.75) is 44.1 Å². The van der Waals surface area contributed by atoms with Crippen LogP contribution in [0.15, 0.2) is 60.7 Å². The van der Waals surface area contributed by atoms with Gasteiger partial charge in [0.05, 0.1) is 0 Å². The van der Waals surface area contributed by atoms with Crippen molar-refractivity contribution in [2.24, 2.45) is 5.73 Å². The number of benzene rings is 2. The molecule has 3 nitrogen and oxygen atoms in total. The fourth-order valence-electron chi connectivity index (χ4n) is 4.20. The number of piperidine rings is 1. The first kappa shape index (κ1) is 17.2. The smallest absolute Gasteiger partial charge is 0.377 e. The first-order valence-corrected chi connectivity index (χ1v) is 8.96. The Labute approximate surface area is 145 Å². The molecule has 0 radical (unpaired) electrons. The Morgan fingerprint density at radius 3 is 2.12 bits per heavy atom. The van der Waals surface area contributed by atoms with E-state index in [4.69, 9.17) is 5.73 Å². The predicted molar refractivity (Wildman–Crippen MR) is 101 cm³/mol. The lowest BCUT2D eigenvalue weighted by molar-refractivity contribution is 0.134. The standard InChI is InChI=1S/C20H27BN2O/c1-21(24)23-19(12-13-22)14-18(16-8-4-2-5-9-16)15-20(23)17-10-6-3-7-11-17/h2-11,18-20,24H,12-15,22H2,1H3. The molecular formula is C20H27BN2O. The summed E-state index contributed by atoms with van der Waals surface area (Å²) in [6, 6.07) is 21.8. The summed E-state index contributed by atoms with van der Waals surface area (Å²) in [5.74, 6) is 0.503. The van der Waals surface area contributed by atoms with Crippen LogP contribution in [0.25, 0.3) is 0 Å². The molecule has 3 atom stereocenters. The van der Waals surface area contributed by atoms with E-state index in [9.17, 15) is 5.02 Å². The van der Waals surface area contributed by atoms with Gasteiger partial charge in [0.15, 0.2) is 0 Å². The van der Waals surface area contributed by atoms with Gasteiger partial charge in [-0.25, -0.2) is 0 Å². The lowest BCUT2D eigenvalue weighted by atomic mass is 9.70. The van der Waals surface area contributed by atoms with Crippen LogP contribution in [0.3, 0.4) is 0 Å². The molecule has 0 aromatic heterocycles. The second-order valence-electron chi connectivity index (χ2n) is 6.82. The Morgan fingerprint density at radius 2 is 1.58 bits per heavy atom. The van der Waals surface area contributed by atoms with Gasteiger partial charge in [-0.15, -0.1) is 0 Å². The van der Waals surface area contributed by atoms with Crippen LogP contribution in [0.1, 0.15) is 42.3 Å². The SMILES string of the molecule is CB(O)N1C(CCN)CC(c2ccccc2)CC1c1ccccc1. The minimum atomic E-state index is -0.469. The van der Waals surface area contributed by atoms with Crippen LogP contribution in [0, 0.1) is 0 Å². The second-order valence-corrected chi connectivity index (χ2v) is 6.82. The Hall–Kier alpha value is -1.62. The Morgan fingerprint density at radius 1 is 1.00 bits per heavy atom. The highest BCUT2D eigenvalue weighted by Gasteiger charge is 2.39. The number of nitrogens with two attached hydrogens (primary N) is 1. The van der Waals surface area contributed by atoms with E-state index in [1.165, 1.54) is 11.1 Å². The molecule has 0 saturated carbocycles. The molecular weight excluding hydrogens is 295 g/mol. The highest BCUT2D eigenvalue weighted by Crippen LogP contribution is 2.43. The summed E-state index contributed by atoms with van der Waals surface area (Å²) < 4.78 is 0. The van der Waals surface area contributed by atoms with Gasteiger partial charge in [-0.05, 0) is 49.7 Å². The monoisotopic (exact) mass is 322 g/mol. The van der Waals surface area contributed by atoms with E-state index in [1.807, 2.05) is 12.9 Å². The molecule has 1 saturated heterocycles. The van der Waals surface area contributed by atoms with Crippen molar-refractivity contribution < 1.29 is 5.02 Å². The molecule has 24 heavy (non-hydrogen) atoms. The summed E-state index contributed by atoms with van der Waals surface area (Å²) in [5.41, 5.74) is 8.55. The van der Waals surface area contributed by atoms with Gasteiger partial charge in [-0.3, -0.25) is 0 Å². The number of rotatable bonds is 5. The lowest BCUT2D eigenvalue weighted by Crippen LogP contribution is -2.51. The first-order valence-electron chi connectivity index (χ1n) is 8.96. The van der Waals surface area contributed by atoms with E-state index in [-0.39, 0.29) is 6.04 Å². The topological polar surface area (TPSA) is 49.5 Å². The molecule has 126 valence electrons. The number of nitrogens with zero attached hydrogens (tertiary/aromatic N) is 1. The van der Waals surface area contributed by atoms with Crippen LogP contribution in [-0.2, 0) is 0 Å². The average molecular weight is 322 g/mol. The van der Waals surface area contributed by atoms with E-state index >= 15 is 0 Å². The van der Waals surface area contributed by atoms with E-state index < -0.39 is 7.05 Å². The van der Waals surface area contributed by atoms with Crippen molar-refractivity contribution in [3.8, 4) is 0 Å². The number of hydrogen-bond donors (Lipinski definition) is 2. The average Bonchev–Trinajstić information content (AvgIpc) is 2.62. The summed E-state index contributed by atoms with van der Waals surface area (Å²) in [6.07, 6.45) is 2.99. The normalized spacial score (nSPS) is 24.7. The molecule has 1 heterocycles. The van der Waals surface area contributed by atoms with Crippen LogP contribution in [0.5, 0.6) is 0 Å². The van der Waals surface area contributed by atoms with Gasteiger partial charge in [0.25, 0.3) is 0 Å². The summed E-state index contributed by atoms with van der Waals surface area (Å²) in [6.45, 7) is 2.53. The molecule has 2 aromatic rings. The van der Waals surface area contributed by atoms with Crippen molar-refractivity contribution in [1.29, 1.82) is 0 Å². The van der Waals surface area contributed by atoms with Crippen LogP contribution in [-0.4, -0.2) is 29.5 Å². The molecule has 1 aliphatic rings. The molecule has 1 fully saturated rings. The van der Waals surface area contributed by atoms with Gasteiger partial charge in [-0.1, -0.05) is 60.7 Å². The van der Waals surface area contributed by atoms with Gasteiger partial charge in [-0.2, -0.15) is 0 Å². The molecule has 4 heteroatoms. The third-order valence-electron chi connectivity index (χ3n) is 5.23. The second kappa shape index (κ2) is 7.97. The molecule has 0 aliphatic carbocycles. The molecule has 0 bridgehead atoms. The van der Waals surface area contributed by atoms with Crippen LogP contribution in [0.4, 0.5) is 0 Å². The van der Waals surface area contributed by atoms with E-state index in [0.29, 0.717) is 18.5 Å². The molecule has 3 N–H and O–H groups in total. The highest BCUT2D eigenvalue weighted by atomic mass is 16.2. The molecule has 3 unspecified atom stereocenters. The van der Waals surface area contributed by atoms with Gasteiger partial charge >= 0.3 is 7.05 Å². The van der Waals surface area contributed by atoms with Gasteiger partial charge < -0.3 is 15.6 Å². The van der Waals surface area contributed by atoms with Gasteiger partial charge in [0.1, 0.15) is 0 Å². The van der Waals surface area contributed by atoms with Crippen molar-refractivity contribution in [2.75, 3.05) is 6.54 Å². The quantitative estimate of drug-likeness (QED) is 0.829. The zero-order valence-electron chi connectivity index (χ0n) is 14.4. The Balaban J connectivity index is 1.95. The minimum Gasteiger partial charge on any atom is -0.437 e. The van der Waals surface area contributed by atoms with E-state index in [0.717, 1.165) is 19.3 Å². The number of hydrogen-bond acceptors (Lipinski definition) is 3. The zero-order valence-corrected chi connectivity index (χ0v) is 14.4. The maximum atomic E-state index is 10.4. The fraction of sp³-hybridized carbons (Fsp3) is 0.400. The summed E-state index contributed by atoms with van der Waals surface area (Å²) in [4.78, 5) is 2.27. The third-order valence-corrected chi connectivity index (χ3v) is 5.23. The van der Waals surface area contributed by atoms with Gasteiger partial charge in [0, 0.05) is 12.1 Å². The van der Waals surface area contributed by atoms with E-state index in [2.05, 4.69) is 59.4 Å². The maximum Gasteiger partial charge on any atom is 0.377 e. The maximum absolute atomic E-state index is 10.4. The molecule has 0 amide bonds. The highest BCUT2D eigenvalue weighted by molar-refractivity contribution is 6.45. The Kier molecular flexibility index (Phi) is 5.72. The predicted octanol–water partition coefficient (Wildman–Crippen LogP) is 3.44. The molecule has 1 aliphatic heterocycles. The summed E-state index contributed by atoms with van der Waals surface area (Å²) >= 11 is 0. The van der Waals surface area contributed by atoms with Crippen LogP contribution in [0.2, 0.25) is 6.82 Å². The minimum absolute atomic E-state index is 0.224. The van der Waals surface area contributed by atoms with Crippen LogP contribution >= 0.6 is 0 Å². The lowest BCUT2D eigenvalue weighted by Gasteiger charge is -2.46. The summed E-state index contributed by atoms with van der Waals surface area (Å²) in [5, 5.41) is 10.4. The van der Waals surface area contributed by atoms with Crippen LogP contribution < -0.4 is 5.73 Å². The van der Waals surface area contributed by atoms with Gasteiger partial charge in [0.2, 0.25) is 0 Å². The summed E-state index contributed by atoms with van der Waals surface area (Å²) in [7, 11) is -0.469. The molecule has 0 spiro atoms. The van der Waals surface area contributed by atoms with E-state index in [1.54, 1.807) is 0 Å². The van der Waals surface area contributed by atoms with Crippen molar-refractivity contribution in [1.82, 2.24) is 4.81 Å². The molecule has 3 rings (SSSR count). The first-order chi connectivity index (χ1) is 11.7. The van der Waals surface area contributed by atoms with Crippen molar-refractivity contribution in [3.63, 3.8) is 0 Å². The Bertz CT molecular complexity index is 620. The fourth-order valence-corrected chi connectivity index (χ4v) is 4.20. The van der Waals surface area contributed by atoms with Crippen molar-refractivity contribution in [3.05, 3.63) is 71.8 Å². The zero-order chi connectivity index (χ0) is 16.9. The van der Waals surface area contributed by atoms with Crippen molar-refractivity contribution >= 4 is 7.05 Å². The molecule has 2 aromatic carbocycles. The largest absolute Gasteiger partial charge is 0.437 e. The third kappa shape index (κ3) is 3.72.